The molecule has 0 atom stereocenters. The number of carboxylic acids is 1. The zero-order chi connectivity index (χ0) is 16.1. The third-order valence-electron chi connectivity index (χ3n) is 3.25. The minimum Gasteiger partial charge on any atom is -0.475 e. The van der Waals surface area contributed by atoms with Gasteiger partial charge in [0, 0.05) is 6.54 Å². The molecule has 0 saturated carbocycles. The lowest BCUT2D eigenvalue weighted by atomic mass is 9.87. The summed E-state index contributed by atoms with van der Waals surface area (Å²) in [5, 5.41) is 8.36. The Morgan fingerprint density at radius 1 is 1.33 bits per heavy atom. The number of aromatic carboxylic acids is 1. The smallest absolute Gasteiger partial charge is 0.371 e. The van der Waals surface area contributed by atoms with Crippen LogP contribution in [-0.2, 0) is 10.0 Å². The van der Waals surface area contributed by atoms with Gasteiger partial charge in [-0.25, -0.2) is 17.9 Å². The summed E-state index contributed by atoms with van der Waals surface area (Å²) in [6, 6.07) is 2.28. The Kier molecular flexibility index (Phi) is 5.98. The number of hydrogen-bond acceptors (Lipinski definition) is 4. The number of nitrogens with one attached hydrogen (secondary N) is 1. The largest absolute Gasteiger partial charge is 0.475 e. The van der Waals surface area contributed by atoms with Crippen LogP contribution >= 0.6 is 0 Å². The van der Waals surface area contributed by atoms with Crippen LogP contribution in [0.4, 0.5) is 0 Å². The number of rotatable bonds is 9. The summed E-state index contributed by atoms with van der Waals surface area (Å²) < 4.78 is 31.4. The fourth-order valence-corrected chi connectivity index (χ4v) is 3.05. The minimum atomic E-state index is -3.82. The molecule has 7 heteroatoms. The zero-order valence-corrected chi connectivity index (χ0v) is 13.5. The lowest BCUT2D eigenvalue weighted by molar-refractivity contribution is 0.0656. The van der Waals surface area contributed by atoms with E-state index in [1.807, 2.05) is 13.8 Å². The molecule has 0 radical (unpaired) electrons. The highest BCUT2D eigenvalue weighted by atomic mass is 32.2. The molecule has 0 unspecified atom stereocenters. The van der Waals surface area contributed by atoms with Gasteiger partial charge in [-0.05, 0) is 24.0 Å². The third-order valence-corrected chi connectivity index (χ3v) is 4.53. The van der Waals surface area contributed by atoms with E-state index in [4.69, 9.17) is 9.52 Å². The molecule has 0 bridgehead atoms. The maximum Gasteiger partial charge on any atom is 0.371 e. The van der Waals surface area contributed by atoms with Crippen molar-refractivity contribution in [3.8, 4) is 0 Å². The fourth-order valence-electron chi connectivity index (χ4n) is 1.88. The molecule has 0 saturated heterocycles. The van der Waals surface area contributed by atoms with Crippen LogP contribution in [0.5, 0.6) is 0 Å². The molecule has 0 fully saturated rings. The maximum atomic E-state index is 12.0. The van der Waals surface area contributed by atoms with Crippen LogP contribution in [0.1, 0.15) is 57.0 Å². The summed E-state index contributed by atoms with van der Waals surface area (Å²) in [4.78, 5) is 10.7. The summed E-state index contributed by atoms with van der Waals surface area (Å²) in [5.74, 6) is -1.69. The Morgan fingerprint density at radius 3 is 2.52 bits per heavy atom. The second-order valence-corrected chi connectivity index (χ2v) is 7.57. The molecule has 1 aromatic rings. The van der Waals surface area contributed by atoms with Gasteiger partial charge in [0.25, 0.3) is 10.0 Å². The number of unbranched alkanes of at least 4 members (excludes halogenated alkanes) is 2. The average molecular weight is 317 g/mol. The number of hydrogen-bond donors (Lipinski definition) is 2. The van der Waals surface area contributed by atoms with Crippen LogP contribution in [-0.4, -0.2) is 26.0 Å². The summed E-state index contributed by atoms with van der Waals surface area (Å²) in [6.45, 7) is 6.39. The van der Waals surface area contributed by atoms with Crippen LogP contribution < -0.4 is 4.72 Å². The Labute approximate surface area is 125 Å². The van der Waals surface area contributed by atoms with Crippen molar-refractivity contribution in [3.63, 3.8) is 0 Å². The molecule has 1 aromatic heterocycles. The first-order chi connectivity index (χ1) is 9.68. The minimum absolute atomic E-state index is 0.162. The van der Waals surface area contributed by atoms with Crippen molar-refractivity contribution >= 4 is 16.0 Å². The van der Waals surface area contributed by atoms with E-state index in [9.17, 15) is 13.2 Å². The van der Waals surface area contributed by atoms with Crippen molar-refractivity contribution < 1.29 is 22.7 Å². The second kappa shape index (κ2) is 7.09. The van der Waals surface area contributed by atoms with Crippen LogP contribution in [0.15, 0.2) is 21.6 Å². The van der Waals surface area contributed by atoms with E-state index < -0.39 is 21.8 Å². The predicted molar refractivity (Wildman–Crippen MR) is 78.8 cm³/mol. The van der Waals surface area contributed by atoms with Gasteiger partial charge in [0.2, 0.25) is 10.9 Å². The first-order valence-corrected chi connectivity index (χ1v) is 8.49. The molecule has 1 rings (SSSR count). The standard InChI is InChI=1S/C14H23NO5S/c1-4-5-6-9-14(2,3)10-15-21(18,19)12-8-7-11(20-12)13(16)17/h7-8,15H,4-6,9-10H2,1-3H3,(H,16,17). The Morgan fingerprint density at radius 2 is 2.00 bits per heavy atom. The quantitative estimate of drug-likeness (QED) is 0.683. The number of carbonyl (C=O) groups is 1. The fraction of sp³-hybridized carbons (Fsp3) is 0.643. The highest BCUT2D eigenvalue weighted by molar-refractivity contribution is 7.89. The molecule has 0 spiro atoms. The van der Waals surface area contributed by atoms with E-state index in [0.717, 1.165) is 37.8 Å². The van der Waals surface area contributed by atoms with Crippen molar-refractivity contribution in [2.75, 3.05) is 6.54 Å². The van der Waals surface area contributed by atoms with Gasteiger partial charge < -0.3 is 9.52 Å². The maximum absolute atomic E-state index is 12.0. The molecule has 0 aliphatic rings. The molecule has 1 heterocycles. The van der Waals surface area contributed by atoms with Gasteiger partial charge in [-0.3, -0.25) is 0 Å². The van der Waals surface area contributed by atoms with E-state index >= 15 is 0 Å². The van der Waals surface area contributed by atoms with E-state index in [0.29, 0.717) is 0 Å². The summed E-state index contributed by atoms with van der Waals surface area (Å²) in [6.07, 6.45) is 4.21. The normalized spacial score (nSPS) is 12.5. The first-order valence-electron chi connectivity index (χ1n) is 7.01. The molecule has 0 aliphatic carbocycles. The molecule has 0 aliphatic heterocycles. The molecule has 120 valence electrons. The summed E-state index contributed by atoms with van der Waals surface area (Å²) in [5.41, 5.74) is -0.162. The van der Waals surface area contributed by atoms with Crippen molar-refractivity contribution in [2.45, 2.75) is 51.5 Å². The Bertz CT molecular complexity index is 574. The van der Waals surface area contributed by atoms with Gasteiger partial charge in [0.1, 0.15) is 0 Å². The lowest BCUT2D eigenvalue weighted by Gasteiger charge is -2.24. The third kappa shape index (κ3) is 5.51. The topological polar surface area (TPSA) is 96.6 Å². The number of sulfonamides is 1. The van der Waals surface area contributed by atoms with Gasteiger partial charge in [-0.15, -0.1) is 0 Å². The SMILES string of the molecule is CCCCCC(C)(C)CNS(=O)(=O)c1ccc(C(=O)O)o1. The van der Waals surface area contributed by atoms with E-state index in [-0.39, 0.29) is 17.1 Å². The van der Waals surface area contributed by atoms with Gasteiger partial charge in [-0.1, -0.05) is 40.0 Å². The molecule has 0 amide bonds. The van der Waals surface area contributed by atoms with Gasteiger partial charge in [0.05, 0.1) is 0 Å². The van der Waals surface area contributed by atoms with Crippen LogP contribution in [0.2, 0.25) is 0 Å². The molecular weight excluding hydrogens is 294 g/mol. The molecule has 6 nitrogen and oxygen atoms in total. The summed E-state index contributed by atoms with van der Waals surface area (Å²) in [7, 11) is -3.82. The van der Waals surface area contributed by atoms with E-state index in [2.05, 4.69) is 11.6 Å². The van der Waals surface area contributed by atoms with Gasteiger partial charge >= 0.3 is 5.97 Å². The lowest BCUT2D eigenvalue weighted by Crippen LogP contribution is -2.33. The predicted octanol–water partition coefficient (Wildman–Crippen LogP) is 2.86. The van der Waals surface area contributed by atoms with Crippen molar-refractivity contribution in [2.24, 2.45) is 5.41 Å². The molecule has 21 heavy (non-hydrogen) atoms. The highest BCUT2D eigenvalue weighted by Gasteiger charge is 2.25. The number of furan rings is 1. The van der Waals surface area contributed by atoms with Gasteiger partial charge in [-0.2, -0.15) is 0 Å². The Balaban J connectivity index is 2.65. The van der Waals surface area contributed by atoms with Crippen molar-refractivity contribution in [3.05, 3.63) is 17.9 Å². The van der Waals surface area contributed by atoms with Crippen molar-refractivity contribution in [1.82, 2.24) is 4.72 Å². The molecule has 2 N–H and O–H groups in total. The van der Waals surface area contributed by atoms with E-state index in [1.165, 1.54) is 0 Å². The highest BCUT2D eigenvalue weighted by Crippen LogP contribution is 2.24. The first kappa shape index (κ1) is 17.7. The Hall–Kier alpha value is -1.34. The monoisotopic (exact) mass is 317 g/mol. The average Bonchev–Trinajstić information content (AvgIpc) is 2.87. The summed E-state index contributed by atoms with van der Waals surface area (Å²) >= 11 is 0. The van der Waals surface area contributed by atoms with Crippen LogP contribution in [0, 0.1) is 5.41 Å². The molecular formula is C14H23NO5S. The number of carboxylic acid groups (broad SMARTS) is 1. The van der Waals surface area contributed by atoms with Crippen molar-refractivity contribution in [1.29, 1.82) is 0 Å². The van der Waals surface area contributed by atoms with Crippen LogP contribution in [0.25, 0.3) is 0 Å². The van der Waals surface area contributed by atoms with E-state index in [1.54, 1.807) is 0 Å². The second-order valence-electron chi connectivity index (χ2n) is 5.87. The molecule has 0 aromatic carbocycles. The zero-order valence-electron chi connectivity index (χ0n) is 12.7. The van der Waals surface area contributed by atoms with Gasteiger partial charge in [0.15, 0.2) is 0 Å². The van der Waals surface area contributed by atoms with Crippen LogP contribution in [0.3, 0.4) is 0 Å².